The van der Waals surface area contributed by atoms with Gasteiger partial charge in [-0.1, -0.05) is 12.8 Å². The highest BCUT2D eigenvalue weighted by Crippen LogP contribution is 2.18. The quantitative estimate of drug-likeness (QED) is 0.905. The number of carbonyl (C=O) groups is 1. The number of hydrogen-bond donors (Lipinski definition) is 1. The van der Waals surface area contributed by atoms with E-state index in [-0.39, 0.29) is 11.7 Å². The average Bonchev–Trinajstić information content (AvgIpc) is 3.09. The Hall–Kier alpha value is -1.62. The third kappa shape index (κ3) is 4.44. The van der Waals surface area contributed by atoms with Crippen LogP contribution in [-0.4, -0.2) is 49.6 Å². The van der Waals surface area contributed by atoms with Gasteiger partial charge in [0.2, 0.25) is 5.91 Å². The lowest BCUT2D eigenvalue weighted by Gasteiger charge is -2.36. The van der Waals surface area contributed by atoms with Gasteiger partial charge < -0.3 is 15.1 Å². The van der Waals surface area contributed by atoms with Gasteiger partial charge in [-0.3, -0.25) is 4.79 Å². The first-order valence-electron chi connectivity index (χ1n) is 8.74. The molecule has 1 amide bonds. The lowest BCUT2D eigenvalue weighted by Crippen LogP contribution is -2.49. The molecule has 23 heavy (non-hydrogen) atoms. The van der Waals surface area contributed by atoms with E-state index in [9.17, 15) is 9.18 Å². The van der Waals surface area contributed by atoms with Crippen LogP contribution in [0.25, 0.3) is 0 Å². The van der Waals surface area contributed by atoms with Crippen molar-refractivity contribution >= 4 is 11.6 Å². The Bertz CT molecular complexity index is 506. The predicted molar refractivity (Wildman–Crippen MR) is 90.1 cm³/mol. The number of benzene rings is 1. The molecule has 0 atom stereocenters. The Morgan fingerprint density at radius 2 is 1.74 bits per heavy atom. The molecule has 1 heterocycles. The van der Waals surface area contributed by atoms with Gasteiger partial charge in [-0.15, -0.1) is 0 Å². The number of halogens is 1. The van der Waals surface area contributed by atoms with E-state index in [0.29, 0.717) is 12.5 Å². The van der Waals surface area contributed by atoms with Gasteiger partial charge in [-0.2, -0.15) is 0 Å². The summed E-state index contributed by atoms with van der Waals surface area (Å²) in [4.78, 5) is 16.4. The SMILES string of the molecule is O=C(CCNC1CCCC1)N1CCN(c2ccc(F)cc2)CC1. The van der Waals surface area contributed by atoms with Gasteiger partial charge in [-0.25, -0.2) is 4.39 Å². The van der Waals surface area contributed by atoms with Crippen LogP contribution in [0.1, 0.15) is 32.1 Å². The zero-order chi connectivity index (χ0) is 16.1. The lowest BCUT2D eigenvalue weighted by atomic mass is 10.2. The smallest absolute Gasteiger partial charge is 0.223 e. The van der Waals surface area contributed by atoms with Gasteiger partial charge in [-0.05, 0) is 37.1 Å². The summed E-state index contributed by atoms with van der Waals surface area (Å²) in [6.45, 7) is 3.92. The van der Waals surface area contributed by atoms with Crippen molar-refractivity contribution in [2.45, 2.75) is 38.1 Å². The molecule has 1 saturated heterocycles. The highest BCUT2D eigenvalue weighted by atomic mass is 19.1. The van der Waals surface area contributed by atoms with Crippen LogP contribution >= 0.6 is 0 Å². The largest absolute Gasteiger partial charge is 0.368 e. The average molecular weight is 319 g/mol. The molecule has 3 rings (SSSR count). The van der Waals surface area contributed by atoms with Crippen molar-refractivity contribution in [3.8, 4) is 0 Å². The Labute approximate surface area is 137 Å². The van der Waals surface area contributed by atoms with Crippen LogP contribution in [0, 0.1) is 5.82 Å². The molecule has 2 aliphatic rings. The number of nitrogens with one attached hydrogen (secondary N) is 1. The molecule has 1 aromatic rings. The summed E-state index contributed by atoms with van der Waals surface area (Å²) >= 11 is 0. The molecular weight excluding hydrogens is 293 g/mol. The van der Waals surface area contributed by atoms with Crippen molar-refractivity contribution in [3.63, 3.8) is 0 Å². The second kappa shape index (κ2) is 7.77. The summed E-state index contributed by atoms with van der Waals surface area (Å²) in [5.74, 6) is 0.0339. The summed E-state index contributed by atoms with van der Waals surface area (Å²) in [7, 11) is 0. The minimum atomic E-state index is -0.211. The van der Waals surface area contributed by atoms with Crippen molar-refractivity contribution in [3.05, 3.63) is 30.1 Å². The van der Waals surface area contributed by atoms with Crippen LogP contribution in [-0.2, 0) is 4.79 Å². The maximum Gasteiger partial charge on any atom is 0.223 e. The Morgan fingerprint density at radius 3 is 2.39 bits per heavy atom. The van der Waals surface area contributed by atoms with Crippen LogP contribution in [0.5, 0.6) is 0 Å². The molecule has 1 aliphatic carbocycles. The Balaban J connectivity index is 1.39. The zero-order valence-electron chi connectivity index (χ0n) is 13.6. The fourth-order valence-electron chi connectivity index (χ4n) is 3.54. The number of hydrogen-bond acceptors (Lipinski definition) is 3. The molecule has 0 unspecified atom stereocenters. The minimum absolute atomic E-state index is 0.211. The predicted octanol–water partition coefficient (Wildman–Crippen LogP) is 2.40. The lowest BCUT2D eigenvalue weighted by molar-refractivity contribution is -0.131. The third-order valence-electron chi connectivity index (χ3n) is 4.95. The molecule has 1 aromatic carbocycles. The highest BCUT2D eigenvalue weighted by Gasteiger charge is 2.21. The number of carbonyl (C=O) groups excluding carboxylic acids is 1. The van der Waals surface area contributed by atoms with Gasteiger partial charge in [0, 0.05) is 50.9 Å². The van der Waals surface area contributed by atoms with Gasteiger partial charge in [0.15, 0.2) is 0 Å². The van der Waals surface area contributed by atoms with Gasteiger partial charge in [0.1, 0.15) is 5.82 Å². The summed E-state index contributed by atoms with van der Waals surface area (Å²) in [5, 5.41) is 3.50. The van der Waals surface area contributed by atoms with Gasteiger partial charge >= 0.3 is 0 Å². The third-order valence-corrected chi connectivity index (χ3v) is 4.95. The van der Waals surface area contributed by atoms with E-state index in [1.54, 1.807) is 12.1 Å². The fourth-order valence-corrected chi connectivity index (χ4v) is 3.54. The normalized spacial score (nSPS) is 19.3. The van der Waals surface area contributed by atoms with Gasteiger partial charge in [0.25, 0.3) is 0 Å². The second-order valence-electron chi connectivity index (χ2n) is 6.53. The summed E-state index contributed by atoms with van der Waals surface area (Å²) in [6, 6.07) is 7.21. The van der Waals surface area contributed by atoms with E-state index in [4.69, 9.17) is 0 Å². The first kappa shape index (κ1) is 16.2. The van der Waals surface area contributed by atoms with E-state index in [0.717, 1.165) is 38.4 Å². The Kier molecular flexibility index (Phi) is 5.49. The molecule has 1 saturated carbocycles. The number of anilines is 1. The summed E-state index contributed by atoms with van der Waals surface area (Å²) in [5.41, 5.74) is 1.03. The molecule has 1 aliphatic heterocycles. The van der Waals surface area contributed by atoms with Crippen molar-refractivity contribution < 1.29 is 9.18 Å². The molecule has 5 heteroatoms. The van der Waals surface area contributed by atoms with Crippen LogP contribution in [0.4, 0.5) is 10.1 Å². The molecule has 0 bridgehead atoms. The van der Waals surface area contributed by atoms with E-state index >= 15 is 0 Å². The first-order valence-corrected chi connectivity index (χ1v) is 8.74. The molecule has 0 aromatic heterocycles. The van der Waals surface area contributed by atoms with Crippen molar-refractivity contribution in [2.75, 3.05) is 37.6 Å². The first-order chi connectivity index (χ1) is 11.2. The Morgan fingerprint density at radius 1 is 1.09 bits per heavy atom. The number of rotatable bonds is 5. The van der Waals surface area contributed by atoms with Crippen LogP contribution in [0.3, 0.4) is 0 Å². The molecule has 126 valence electrons. The van der Waals surface area contributed by atoms with E-state index in [2.05, 4.69) is 10.2 Å². The molecule has 0 spiro atoms. The molecule has 4 nitrogen and oxygen atoms in total. The molecule has 0 radical (unpaired) electrons. The minimum Gasteiger partial charge on any atom is -0.368 e. The van der Waals surface area contributed by atoms with E-state index in [1.807, 2.05) is 4.90 Å². The van der Waals surface area contributed by atoms with Crippen LogP contribution in [0.2, 0.25) is 0 Å². The number of amides is 1. The van der Waals surface area contributed by atoms with Crippen LogP contribution in [0.15, 0.2) is 24.3 Å². The fraction of sp³-hybridized carbons (Fsp3) is 0.611. The van der Waals surface area contributed by atoms with Crippen molar-refractivity contribution in [2.24, 2.45) is 0 Å². The van der Waals surface area contributed by atoms with Gasteiger partial charge in [0.05, 0.1) is 0 Å². The standard InChI is InChI=1S/C18H26FN3O/c19-15-5-7-17(8-6-15)21-11-13-22(14-12-21)18(23)9-10-20-16-3-1-2-4-16/h5-8,16,20H,1-4,9-14H2. The highest BCUT2D eigenvalue weighted by molar-refractivity contribution is 5.76. The monoisotopic (exact) mass is 319 g/mol. The summed E-state index contributed by atoms with van der Waals surface area (Å²) < 4.78 is 13.0. The maximum absolute atomic E-state index is 13.0. The van der Waals surface area contributed by atoms with Crippen LogP contribution < -0.4 is 10.2 Å². The molecular formula is C18H26FN3O. The van der Waals surface area contributed by atoms with Crippen molar-refractivity contribution in [1.82, 2.24) is 10.2 Å². The topological polar surface area (TPSA) is 35.6 Å². The number of piperazine rings is 1. The maximum atomic E-state index is 13.0. The number of nitrogens with zero attached hydrogens (tertiary/aromatic N) is 2. The zero-order valence-corrected chi connectivity index (χ0v) is 13.6. The molecule has 2 fully saturated rings. The summed E-state index contributed by atoms with van der Waals surface area (Å²) in [6.07, 6.45) is 5.73. The second-order valence-corrected chi connectivity index (χ2v) is 6.53. The molecule has 1 N–H and O–H groups in total. The van der Waals surface area contributed by atoms with Crippen molar-refractivity contribution in [1.29, 1.82) is 0 Å². The van der Waals surface area contributed by atoms with E-state index < -0.39 is 0 Å². The van der Waals surface area contributed by atoms with E-state index in [1.165, 1.54) is 37.8 Å².